The van der Waals surface area contributed by atoms with Gasteiger partial charge in [0.15, 0.2) is 0 Å². The third-order valence-corrected chi connectivity index (χ3v) is 6.24. The Morgan fingerprint density at radius 3 is 2.52 bits per heavy atom. The Balaban J connectivity index is 1.60. The number of imidazole rings is 1. The second-order valence-corrected chi connectivity index (χ2v) is 10.5. The first-order valence-corrected chi connectivity index (χ1v) is 10.7. The number of rotatable bonds is 2. The molecular weight excluding hydrogens is 400 g/mol. The summed E-state index contributed by atoms with van der Waals surface area (Å²) < 4.78 is 32.0. The van der Waals surface area contributed by atoms with Crippen LogP contribution in [0.1, 0.15) is 66.8 Å². The predicted octanol–water partition coefficient (Wildman–Crippen LogP) is 3.88. The minimum atomic E-state index is -1.12. The van der Waals surface area contributed by atoms with Gasteiger partial charge in [0, 0.05) is 6.42 Å². The average molecular weight is 431 g/mol. The monoisotopic (exact) mass is 431 g/mol. The number of hydrogen-bond donors (Lipinski definition) is 1. The second kappa shape index (κ2) is 7.20. The molecule has 2 atom stereocenters. The van der Waals surface area contributed by atoms with Crippen LogP contribution in [0.25, 0.3) is 11.0 Å². The smallest absolute Gasteiger partial charge is 0.444 e. The summed E-state index contributed by atoms with van der Waals surface area (Å²) >= 11 is 0. The fourth-order valence-electron chi connectivity index (χ4n) is 3.90. The van der Waals surface area contributed by atoms with Crippen LogP contribution in [0.15, 0.2) is 18.2 Å². The summed E-state index contributed by atoms with van der Waals surface area (Å²) in [5.74, 6) is 0.548. The molecule has 1 aromatic carbocycles. The van der Waals surface area contributed by atoms with E-state index in [1.54, 1.807) is 20.8 Å². The van der Waals surface area contributed by atoms with Gasteiger partial charge in [-0.05, 0) is 66.1 Å². The molecular formula is C22H31BFN3O4. The van der Waals surface area contributed by atoms with Crippen LogP contribution in [-0.4, -0.2) is 57.6 Å². The van der Waals surface area contributed by atoms with Gasteiger partial charge in [0.1, 0.15) is 17.6 Å². The van der Waals surface area contributed by atoms with E-state index in [2.05, 4.69) is 9.97 Å². The molecule has 168 valence electrons. The molecule has 0 unspecified atom stereocenters. The predicted molar refractivity (Wildman–Crippen MR) is 117 cm³/mol. The van der Waals surface area contributed by atoms with E-state index in [-0.39, 0.29) is 13.0 Å². The molecule has 1 aromatic heterocycles. The largest absolute Gasteiger partial charge is 0.494 e. The Bertz CT molecular complexity index is 984. The van der Waals surface area contributed by atoms with E-state index in [4.69, 9.17) is 14.0 Å². The maximum absolute atomic E-state index is 14.2. The lowest BCUT2D eigenvalue weighted by Crippen LogP contribution is -2.41. The summed E-state index contributed by atoms with van der Waals surface area (Å²) in [6.45, 7) is 13.4. The molecule has 9 heteroatoms. The van der Waals surface area contributed by atoms with Crippen molar-refractivity contribution >= 4 is 29.7 Å². The highest BCUT2D eigenvalue weighted by Crippen LogP contribution is 2.37. The highest BCUT2D eigenvalue weighted by atomic mass is 19.1. The number of carbonyl (C=O) groups excluding carboxylic acids is 1. The van der Waals surface area contributed by atoms with Gasteiger partial charge < -0.3 is 19.0 Å². The number of amides is 1. The summed E-state index contributed by atoms with van der Waals surface area (Å²) in [6.07, 6.45) is -1.47. The Morgan fingerprint density at radius 2 is 1.90 bits per heavy atom. The van der Waals surface area contributed by atoms with Crippen molar-refractivity contribution in [3.8, 4) is 0 Å². The lowest BCUT2D eigenvalue weighted by molar-refractivity contribution is 0.00578. The van der Waals surface area contributed by atoms with E-state index in [1.165, 1.54) is 4.90 Å². The van der Waals surface area contributed by atoms with E-state index in [0.29, 0.717) is 5.82 Å². The van der Waals surface area contributed by atoms with Crippen LogP contribution in [-0.2, 0) is 14.0 Å². The van der Waals surface area contributed by atoms with Crippen molar-refractivity contribution < 1.29 is 23.2 Å². The van der Waals surface area contributed by atoms with Crippen LogP contribution in [0.4, 0.5) is 9.18 Å². The molecule has 0 spiro atoms. The highest BCUT2D eigenvalue weighted by Gasteiger charge is 2.51. The van der Waals surface area contributed by atoms with E-state index >= 15 is 0 Å². The Hall–Kier alpha value is -2.13. The number of likely N-dealkylation sites (tertiary alicyclic amines) is 1. The minimum Gasteiger partial charge on any atom is -0.444 e. The maximum Gasteiger partial charge on any atom is 0.494 e. The van der Waals surface area contributed by atoms with Gasteiger partial charge in [0.2, 0.25) is 0 Å². The normalized spacial score (nSPS) is 25.4. The Labute approximate surface area is 182 Å². The number of fused-ring (bicyclic) bond motifs is 1. The van der Waals surface area contributed by atoms with Gasteiger partial charge in [0.05, 0.1) is 34.8 Å². The summed E-state index contributed by atoms with van der Waals surface area (Å²) in [7, 11) is -0.485. The number of ether oxygens (including phenoxy) is 1. The van der Waals surface area contributed by atoms with Gasteiger partial charge >= 0.3 is 13.2 Å². The summed E-state index contributed by atoms with van der Waals surface area (Å²) in [5.41, 5.74) is 0.886. The summed E-state index contributed by atoms with van der Waals surface area (Å²) in [6, 6.07) is 5.24. The number of nitrogens with zero attached hydrogens (tertiary/aromatic N) is 2. The number of alkyl halides is 1. The van der Waals surface area contributed by atoms with E-state index < -0.39 is 42.2 Å². The van der Waals surface area contributed by atoms with Crippen molar-refractivity contribution in [2.75, 3.05) is 6.54 Å². The first-order valence-electron chi connectivity index (χ1n) is 10.7. The minimum absolute atomic E-state index is 0.00417. The first-order chi connectivity index (χ1) is 14.3. The van der Waals surface area contributed by atoms with Gasteiger partial charge in [-0.2, -0.15) is 0 Å². The fraction of sp³-hybridized carbons (Fsp3) is 0.636. The number of H-pyrrole nitrogens is 1. The SMILES string of the molecule is CC(C)(C)OC(=O)N1C[C@@H](F)C[C@H]1c1nc2ccc(B3OC(C)(C)C(C)(C)O3)cc2[nH]1. The number of aromatic amines is 1. The molecule has 0 saturated carbocycles. The molecule has 2 aromatic rings. The standard InChI is InChI=1S/C22H31BFN3O4/c1-20(2,3)29-19(28)27-12-14(24)11-17(27)18-25-15-9-8-13(10-16(15)26-18)23-30-21(4,5)22(6,7)31-23/h8-10,14,17H,11-12H2,1-7H3,(H,25,26)/t14-,17-/m0/s1. The lowest BCUT2D eigenvalue weighted by Gasteiger charge is -2.32. The number of carbonyl (C=O) groups is 1. The van der Waals surface area contributed by atoms with Crippen molar-refractivity contribution in [1.82, 2.24) is 14.9 Å². The van der Waals surface area contributed by atoms with Crippen molar-refractivity contribution in [1.29, 1.82) is 0 Å². The molecule has 1 amide bonds. The molecule has 3 heterocycles. The van der Waals surface area contributed by atoms with Gasteiger partial charge in [-0.1, -0.05) is 6.07 Å². The molecule has 31 heavy (non-hydrogen) atoms. The van der Waals surface area contributed by atoms with Gasteiger partial charge in [-0.15, -0.1) is 0 Å². The summed E-state index contributed by atoms with van der Waals surface area (Å²) in [4.78, 5) is 21.9. The van der Waals surface area contributed by atoms with Gasteiger partial charge in [0.25, 0.3) is 0 Å². The molecule has 2 fully saturated rings. The zero-order valence-corrected chi connectivity index (χ0v) is 19.3. The number of benzene rings is 1. The van der Waals surface area contributed by atoms with Crippen molar-refractivity contribution in [3.05, 3.63) is 24.0 Å². The number of halogens is 1. The fourth-order valence-corrected chi connectivity index (χ4v) is 3.90. The average Bonchev–Trinajstić information content (AvgIpc) is 3.26. The maximum atomic E-state index is 14.2. The quantitative estimate of drug-likeness (QED) is 0.731. The van der Waals surface area contributed by atoms with E-state index in [0.717, 1.165) is 16.5 Å². The van der Waals surface area contributed by atoms with Crippen LogP contribution in [0, 0.1) is 0 Å². The van der Waals surface area contributed by atoms with E-state index in [1.807, 2.05) is 45.9 Å². The van der Waals surface area contributed by atoms with Crippen LogP contribution < -0.4 is 5.46 Å². The van der Waals surface area contributed by atoms with Gasteiger partial charge in [-0.25, -0.2) is 14.2 Å². The second-order valence-electron chi connectivity index (χ2n) is 10.5. The van der Waals surface area contributed by atoms with Crippen LogP contribution in [0.3, 0.4) is 0 Å². The topological polar surface area (TPSA) is 76.7 Å². The molecule has 2 aliphatic rings. The molecule has 0 bridgehead atoms. The van der Waals surface area contributed by atoms with Crippen LogP contribution >= 0.6 is 0 Å². The highest BCUT2D eigenvalue weighted by molar-refractivity contribution is 6.62. The molecule has 2 aliphatic heterocycles. The van der Waals surface area contributed by atoms with Crippen molar-refractivity contribution in [2.45, 2.75) is 83.9 Å². The van der Waals surface area contributed by atoms with Crippen LogP contribution in [0.5, 0.6) is 0 Å². The number of hydrogen-bond acceptors (Lipinski definition) is 5. The third-order valence-electron chi connectivity index (χ3n) is 6.24. The third kappa shape index (κ3) is 4.17. The zero-order valence-electron chi connectivity index (χ0n) is 19.3. The zero-order chi connectivity index (χ0) is 22.8. The lowest BCUT2D eigenvalue weighted by atomic mass is 9.79. The molecule has 0 aliphatic carbocycles. The molecule has 7 nitrogen and oxygen atoms in total. The molecule has 0 radical (unpaired) electrons. The first kappa shape index (κ1) is 22.1. The van der Waals surface area contributed by atoms with Crippen LogP contribution in [0.2, 0.25) is 0 Å². The number of nitrogens with one attached hydrogen (secondary N) is 1. The Kier molecular flexibility index (Phi) is 5.13. The van der Waals surface area contributed by atoms with Crippen molar-refractivity contribution in [2.24, 2.45) is 0 Å². The Morgan fingerprint density at radius 1 is 1.26 bits per heavy atom. The summed E-state index contributed by atoms with van der Waals surface area (Å²) in [5, 5.41) is 0. The molecule has 4 rings (SSSR count). The number of aromatic nitrogens is 2. The molecule has 2 saturated heterocycles. The van der Waals surface area contributed by atoms with E-state index in [9.17, 15) is 9.18 Å². The van der Waals surface area contributed by atoms with Gasteiger partial charge in [-0.3, -0.25) is 4.90 Å². The molecule has 1 N–H and O–H groups in total. The van der Waals surface area contributed by atoms with Crippen molar-refractivity contribution in [3.63, 3.8) is 0 Å².